The minimum Gasteiger partial charge on any atom is -0.403 e. The van der Waals surface area contributed by atoms with Gasteiger partial charge < -0.3 is 11.1 Å². The Bertz CT molecular complexity index is 614. The molecule has 0 saturated heterocycles. The van der Waals surface area contributed by atoms with Crippen LogP contribution in [0.1, 0.15) is 23.0 Å². The Kier molecular flexibility index (Phi) is 3.97. The highest BCUT2D eigenvalue weighted by Crippen LogP contribution is 2.23. The van der Waals surface area contributed by atoms with Crippen molar-refractivity contribution < 1.29 is 4.79 Å². The third-order valence-corrected chi connectivity index (χ3v) is 3.49. The zero-order valence-corrected chi connectivity index (χ0v) is 11.6. The van der Waals surface area contributed by atoms with Gasteiger partial charge in [0.05, 0.1) is 0 Å². The van der Waals surface area contributed by atoms with Crippen LogP contribution in [0.5, 0.6) is 0 Å². The van der Waals surface area contributed by atoms with Crippen LogP contribution in [-0.4, -0.2) is 10.9 Å². The SMILES string of the molecule is C/C(=C\N)NC(=O)c1csc(-c2ccc(C)cc2)n1. The summed E-state index contributed by atoms with van der Waals surface area (Å²) in [4.78, 5) is 16.2. The van der Waals surface area contributed by atoms with Crippen molar-refractivity contribution in [3.05, 3.63) is 52.8 Å². The quantitative estimate of drug-likeness (QED) is 0.903. The molecular weight excluding hydrogens is 258 g/mol. The molecule has 19 heavy (non-hydrogen) atoms. The second kappa shape index (κ2) is 5.67. The normalized spacial score (nSPS) is 11.4. The monoisotopic (exact) mass is 273 g/mol. The largest absolute Gasteiger partial charge is 0.403 e. The lowest BCUT2D eigenvalue weighted by Gasteiger charge is -2.01. The second-order valence-corrected chi connectivity index (χ2v) is 5.07. The van der Waals surface area contributed by atoms with Gasteiger partial charge in [-0.1, -0.05) is 29.8 Å². The maximum absolute atomic E-state index is 11.8. The topological polar surface area (TPSA) is 68.0 Å². The van der Waals surface area contributed by atoms with Crippen molar-refractivity contribution in [2.45, 2.75) is 13.8 Å². The average Bonchev–Trinajstić information content (AvgIpc) is 2.89. The van der Waals surface area contributed by atoms with Crippen LogP contribution in [0.25, 0.3) is 10.6 Å². The van der Waals surface area contributed by atoms with Gasteiger partial charge in [-0.2, -0.15) is 0 Å². The number of carbonyl (C=O) groups excluding carboxylic acids is 1. The summed E-state index contributed by atoms with van der Waals surface area (Å²) in [6, 6.07) is 8.05. The van der Waals surface area contributed by atoms with E-state index in [9.17, 15) is 4.79 Å². The summed E-state index contributed by atoms with van der Waals surface area (Å²) in [6.07, 6.45) is 1.35. The highest BCUT2D eigenvalue weighted by atomic mass is 32.1. The van der Waals surface area contributed by atoms with E-state index in [1.54, 1.807) is 12.3 Å². The van der Waals surface area contributed by atoms with Crippen LogP contribution in [0.4, 0.5) is 0 Å². The van der Waals surface area contributed by atoms with Gasteiger partial charge in [-0.25, -0.2) is 4.98 Å². The molecule has 0 spiro atoms. The number of hydrogen-bond acceptors (Lipinski definition) is 4. The van der Waals surface area contributed by atoms with Gasteiger partial charge in [0, 0.05) is 22.8 Å². The van der Waals surface area contributed by atoms with Crippen LogP contribution in [0.2, 0.25) is 0 Å². The van der Waals surface area contributed by atoms with E-state index in [1.807, 2.05) is 31.2 Å². The van der Waals surface area contributed by atoms with Crippen molar-refractivity contribution in [1.82, 2.24) is 10.3 Å². The van der Waals surface area contributed by atoms with Crippen molar-refractivity contribution in [2.24, 2.45) is 5.73 Å². The number of carbonyl (C=O) groups is 1. The number of thiazole rings is 1. The Morgan fingerprint density at radius 1 is 1.37 bits per heavy atom. The number of aryl methyl sites for hydroxylation is 1. The number of hydrogen-bond donors (Lipinski definition) is 2. The summed E-state index contributed by atoms with van der Waals surface area (Å²) >= 11 is 1.45. The van der Waals surface area contributed by atoms with Crippen LogP contribution >= 0.6 is 11.3 Å². The Hall–Kier alpha value is -2.14. The fourth-order valence-electron chi connectivity index (χ4n) is 1.49. The first-order chi connectivity index (χ1) is 9.10. The van der Waals surface area contributed by atoms with Crippen LogP contribution < -0.4 is 11.1 Å². The number of benzene rings is 1. The molecule has 3 N–H and O–H groups in total. The van der Waals surface area contributed by atoms with Crippen LogP contribution in [0, 0.1) is 6.92 Å². The summed E-state index contributed by atoms with van der Waals surface area (Å²) in [5, 5.41) is 5.24. The molecular formula is C14H15N3OS. The van der Waals surface area contributed by atoms with E-state index in [0.717, 1.165) is 10.6 Å². The fraction of sp³-hybridized carbons (Fsp3) is 0.143. The van der Waals surface area contributed by atoms with Gasteiger partial charge >= 0.3 is 0 Å². The van der Waals surface area contributed by atoms with Crippen molar-refractivity contribution in [2.75, 3.05) is 0 Å². The highest BCUT2D eigenvalue weighted by molar-refractivity contribution is 7.13. The van der Waals surface area contributed by atoms with Gasteiger partial charge in [0.25, 0.3) is 5.91 Å². The lowest BCUT2D eigenvalue weighted by molar-refractivity contribution is 0.0961. The third-order valence-electron chi connectivity index (χ3n) is 2.60. The molecule has 0 radical (unpaired) electrons. The maximum atomic E-state index is 11.8. The molecule has 1 amide bonds. The first-order valence-corrected chi connectivity index (χ1v) is 6.70. The molecule has 5 heteroatoms. The molecule has 1 aromatic carbocycles. The first kappa shape index (κ1) is 13.3. The van der Waals surface area contributed by atoms with E-state index < -0.39 is 0 Å². The molecule has 4 nitrogen and oxygen atoms in total. The lowest BCUT2D eigenvalue weighted by Crippen LogP contribution is -2.22. The summed E-state index contributed by atoms with van der Waals surface area (Å²) in [5.41, 5.74) is 8.54. The Labute approximate surface area is 116 Å². The van der Waals surface area contributed by atoms with Crippen LogP contribution in [0.15, 0.2) is 41.5 Å². The fourth-order valence-corrected chi connectivity index (χ4v) is 2.30. The molecule has 0 aliphatic carbocycles. The lowest BCUT2D eigenvalue weighted by atomic mass is 10.2. The molecule has 2 aromatic rings. The molecule has 0 aliphatic rings. The predicted molar refractivity (Wildman–Crippen MR) is 77.7 cm³/mol. The summed E-state index contributed by atoms with van der Waals surface area (Å²) in [7, 11) is 0. The van der Waals surface area contributed by atoms with Gasteiger partial charge in [-0.05, 0) is 13.8 Å². The maximum Gasteiger partial charge on any atom is 0.274 e. The molecule has 0 aliphatic heterocycles. The summed E-state index contributed by atoms with van der Waals surface area (Å²) in [6.45, 7) is 3.76. The van der Waals surface area contributed by atoms with E-state index >= 15 is 0 Å². The number of nitrogens with two attached hydrogens (primary N) is 1. The van der Waals surface area contributed by atoms with Gasteiger partial charge in [0.2, 0.25) is 0 Å². The van der Waals surface area contributed by atoms with Gasteiger partial charge in [0.1, 0.15) is 10.7 Å². The molecule has 0 atom stereocenters. The molecule has 98 valence electrons. The number of allylic oxidation sites excluding steroid dienone is 1. The minimum atomic E-state index is -0.242. The number of nitrogens with zero attached hydrogens (tertiary/aromatic N) is 1. The zero-order valence-electron chi connectivity index (χ0n) is 10.8. The molecule has 2 rings (SSSR count). The minimum absolute atomic E-state index is 0.242. The van der Waals surface area contributed by atoms with E-state index in [0.29, 0.717) is 11.4 Å². The van der Waals surface area contributed by atoms with Crippen molar-refractivity contribution in [3.8, 4) is 10.6 Å². The smallest absolute Gasteiger partial charge is 0.274 e. The molecule has 1 aromatic heterocycles. The number of rotatable bonds is 3. The number of amides is 1. The molecule has 0 unspecified atom stereocenters. The van der Waals surface area contributed by atoms with Gasteiger partial charge in [0.15, 0.2) is 0 Å². The van der Waals surface area contributed by atoms with E-state index in [2.05, 4.69) is 10.3 Å². The van der Waals surface area contributed by atoms with E-state index in [-0.39, 0.29) is 5.91 Å². The molecule has 1 heterocycles. The van der Waals surface area contributed by atoms with Crippen LogP contribution in [-0.2, 0) is 0 Å². The predicted octanol–water partition coefficient (Wildman–Crippen LogP) is 2.67. The first-order valence-electron chi connectivity index (χ1n) is 5.82. The van der Waals surface area contributed by atoms with Crippen molar-refractivity contribution in [1.29, 1.82) is 0 Å². The molecule has 0 bridgehead atoms. The highest BCUT2D eigenvalue weighted by Gasteiger charge is 2.11. The Morgan fingerprint density at radius 3 is 2.68 bits per heavy atom. The molecule has 0 saturated carbocycles. The van der Waals surface area contributed by atoms with Gasteiger partial charge in [-0.15, -0.1) is 11.3 Å². The zero-order chi connectivity index (χ0) is 13.8. The Morgan fingerprint density at radius 2 is 2.05 bits per heavy atom. The number of aromatic nitrogens is 1. The van der Waals surface area contributed by atoms with E-state index in [4.69, 9.17) is 5.73 Å². The average molecular weight is 273 g/mol. The third kappa shape index (κ3) is 3.20. The van der Waals surface area contributed by atoms with E-state index in [1.165, 1.54) is 23.1 Å². The Balaban J connectivity index is 2.19. The van der Waals surface area contributed by atoms with Crippen LogP contribution in [0.3, 0.4) is 0 Å². The second-order valence-electron chi connectivity index (χ2n) is 4.21. The molecule has 0 fully saturated rings. The summed E-state index contributed by atoms with van der Waals surface area (Å²) in [5.74, 6) is -0.242. The standard InChI is InChI=1S/C14H15N3OS/c1-9-3-5-11(6-4-9)14-17-12(8-19-14)13(18)16-10(2)7-15/h3-8H,15H2,1-2H3,(H,16,18)/b10-7+. The van der Waals surface area contributed by atoms with Gasteiger partial charge in [-0.3, -0.25) is 4.79 Å². The van der Waals surface area contributed by atoms with Crippen molar-refractivity contribution in [3.63, 3.8) is 0 Å². The number of nitrogens with one attached hydrogen (secondary N) is 1. The summed E-state index contributed by atoms with van der Waals surface area (Å²) < 4.78 is 0. The van der Waals surface area contributed by atoms with Crippen molar-refractivity contribution >= 4 is 17.2 Å².